The lowest BCUT2D eigenvalue weighted by Crippen LogP contribution is -2.47. The van der Waals surface area contributed by atoms with E-state index in [1.165, 1.54) is 0 Å². The molecule has 0 radical (unpaired) electrons. The molecule has 0 aromatic heterocycles. The zero-order valence-electron chi connectivity index (χ0n) is 8.45. The highest BCUT2D eigenvalue weighted by atomic mass is 16.2. The van der Waals surface area contributed by atoms with E-state index in [1.54, 1.807) is 11.0 Å². The third kappa shape index (κ3) is 3.95. The Kier molecular flexibility index (Phi) is 4.57. The van der Waals surface area contributed by atoms with Gasteiger partial charge in [-0.1, -0.05) is 0 Å². The molecule has 15 heavy (non-hydrogen) atoms. The SMILES string of the molecule is N#CCNC(=O)CC(=O)N1CCNCC1. The van der Waals surface area contributed by atoms with Crippen molar-refractivity contribution in [1.29, 1.82) is 5.26 Å². The molecule has 0 aromatic rings. The van der Waals surface area contributed by atoms with Gasteiger partial charge in [0.1, 0.15) is 13.0 Å². The fraction of sp³-hybridized carbons (Fsp3) is 0.667. The van der Waals surface area contributed by atoms with Crippen molar-refractivity contribution in [3.05, 3.63) is 0 Å². The first-order valence-corrected chi connectivity index (χ1v) is 4.86. The topological polar surface area (TPSA) is 85.2 Å². The lowest BCUT2D eigenvalue weighted by molar-refractivity contribution is -0.136. The molecule has 1 fully saturated rings. The van der Waals surface area contributed by atoms with Crippen LogP contribution in [0, 0.1) is 11.3 Å². The molecule has 0 spiro atoms. The molecule has 1 aliphatic heterocycles. The summed E-state index contributed by atoms with van der Waals surface area (Å²) in [5, 5.41) is 13.7. The van der Waals surface area contributed by atoms with Gasteiger partial charge in [-0.3, -0.25) is 9.59 Å². The van der Waals surface area contributed by atoms with Crippen LogP contribution in [0.4, 0.5) is 0 Å². The lowest BCUT2D eigenvalue weighted by atomic mass is 10.3. The van der Waals surface area contributed by atoms with Gasteiger partial charge < -0.3 is 15.5 Å². The number of piperazine rings is 1. The van der Waals surface area contributed by atoms with E-state index >= 15 is 0 Å². The van der Waals surface area contributed by atoms with E-state index < -0.39 is 0 Å². The minimum atomic E-state index is -0.389. The smallest absolute Gasteiger partial charge is 0.232 e. The molecular weight excluding hydrogens is 196 g/mol. The Morgan fingerprint density at radius 1 is 1.40 bits per heavy atom. The number of nitrogens with one attached hydrogen (secondary N) is 2. The maximum atomic E-state index is 11.5. The highest BCUT2D eigenvalue weighted by Gasteiger charge is 2.18. The molecule has 1 saturated heterocycles. The van der Waals surface area contributed by atoms with Crippen molar-refractivity contribution in [2.24, 2.45) is 0 Å². The highest BCUT2D eigenvalue weighted by Crippen LogP contribution is 1.96. The quantitative estimate of drug-likeness (QED) is 0.436. The monoisotopic (exact) mass is 210 g/mol. The number of carbonyl (C=O) groups excluding carboxylic acids is 2. The Morgan fingerprint density at radius 2 is 2.07 bits per heavy atom. The number of nitrogens with zero attached hydrogens (tertiary/aromatic N) is 2. The second-order valence-electron chi connectivity index (χ2n) is 3.24. The van der Waals surface area contributed by atoms with Crippen molar-refractivity contribution in [1.82, 2.24) is 15.5 Å². The molecule has 2 N–H and O–H groups in total. The third-order valence-electron chi connectivity index (χ3n) is 2.15. The third-order valence-corrected chi connectivity index (χ3v) is 2.15. The molecule has 6 heteroatoms. The minimum absolute atomic E-state index is 0.0479. The normalized spacial score (nSPS) is 15.5. The number of hydrogen-bond acceptors (Lipinski definition) is 4. The van der Waals surface area contributed by atoms with E-state index in [-0.39, 0.29) is 24.8 Å². The summed E-state index contributed by atoms with van der Waals surface area (Å²) in [6, 6.07) is 1.78. The fourth-order valence-electron chi connectivity index (χ4n) is 1.36. The lowest BCUT2D eigenvalue weighted by Gasteiger charge is -2.27. The van der Waals surface area contributed by atoms with Gasteiger partial charge in [-0.15, -0.1) is 0 Å². The van der Waals surface area contributed by atoms with Crippen LogP contribution in [0.2, 0.25) is 0 Å². The first kappa shape index (κ1) is 11.5. The Morgan fingerprint density at radius 3 is 2.67 bits per heavy atom. The van der Waals surface area contributed by atoms with Crippen molar-refractivity contribution in [2.45, 2.75) is 6.42 Å². The zero-order chi connectivity index (χ0) is 11.1. The van der Waals surface area contributed by atoms with Crippen LogP contribution in [0.5, 0.6) is 0 Å². The van der Waals surface area contributed by atoms with E-state index in [4.69, 9.17) is 5.26 Å². The van der Waals surface area contributed by atoms with Gasteiger partial charge in [0.25, 0.3) is 0 Å². The van der Waals surface area contributed by atoms with Gasteiger partial charge in [0.05, 0.1) is 6.07 Å². The van der Waals surface area contributed by atoms with Gasteiger partial charge >= 0.3 is 0 Å². The summed E-state index contributed by atoms with van der Waals surface area (Å²) >= 11 is 0. The standard InChI is InChI=1S/C9H14N4O2/c10-1-2-12-8(14)7-9(15)13-5-3-11-4-6-13/h11H,2-7H2,(H,12,14). The van der Waals surface area contributed by atoms with Gasteiger partial charge in [-0.05, 0) is 0 Å². The number of rotatable bonds is 3. The van der Waals surface area contributed by atoms with E-state index in [9.17, 15) is 9.59 Å². The zero-order valence-corrected chi connectivity index (χ0v) is 8.45. The molecule has 0 saturated carbocycles. The van der Waals surface area contributed by atoms with E-state index in [0.29, 0.717) is 13.1 Å². The molecule has 6 nitrogen and oxygen atoms in total. The molecule has 0 aromatic carbocycles. The van der Waals surface area contributed by atoms with Crippen LogP contribution in [-0.4, -0.2) is 49.4 Å². The molecule has 0 atom stereocenters. The molecule has 82 valence electrons. The summed E-state index contributed by atoms with van der Waals surface area (Å²) in [6.07, 6.45) is -0.165. The van der Waals surface area contributed by atoms with Crippen LogP contribution in [0.3, 0.4) is 0 Å². The van der Waals surface area contributed by atoms with Crippen LogP contribution in [-0.2, 0) is 9.59 Å². The van der Waals surface area contributed by atoms with Gasteiger partial charge in [0.2, 0.25) is 11.8 Å². The first-order chi connectivity index (χ1) is 7.24. The van der Waals surface area contributed by atoms with Crippen molar-refractivity contribution in [3.8, 4) is 6.07 Å². The number of amides is 2. The van der Waals surface area contributed by atoms with Crippen LogP contribution >= 0.6 is 0 Å². The van der Waals surface area contributed by atoms with Crippen LogP contribution in [0.15, 0.2) is 0 Å². The second-order valence-corrected chi connectivity index (χ2v) is 3.24. The average Bonchev–Trinajstić information content (AvgIpc) is 2.27. The summed E-state index contributed by atoms with van der Waals surface area (Å²) in [6.45, 7) is 2.78. The molecule has 1 aliphatic rings. The van der Waals surface area contributed by atoms with E-state index in [2.05, 4.69) is 10.6 Å². The van der Waals surface area contributed by atoms with Gasteiger partial charge in [0.15, 0.2) is 0 Å². The van der Waals surface area contributed by atoms with Gasteiger partial charge in [-0.25, -0.2) is 0 Å². The largest absolute Gasteiger partial charge is 0.343 e. The summed E-state index contributed by atoms with van der Waals surface area (Å²) in [7, 11) is 0. The Balaban J connectivity index is 2.28. The van der Waals surface area contributed by atoms with Crippen molar-refractivity contribution < 1.29 is 9.59 Å². The number of carbonyl (C=O) groups is 2. The Hall–Kier alpha value is -1.61. The maximum absolute atomic E-state index is 11.5. The molecule has 0 unspecified atom stereocenters. The molecule has 0 aliphatic carbocycles. The van der Waals surface area contributed by atoms with Crippen LogP contribution in [0.1, 0.15) is 6.42 Å². The number of nitriles is 1. The molecule has 1 rings (SSSR count). The summed E-state index contributed by atoms with van der Waals surface area (Å²) < 4.78 is 0. The Bertz CT molecular complexity index is 278. The predicted octanol–water partition coefficient (Wildman–Crippen LogP) is -1.55. The van der Waals surface area contributed by atoms with Crippen LogP contribution in [0.25, 0.3) is 0 Å². The fourth-order valence-corrected chi connectivity index (χ4v) is 1.36. The molecule has 2 amide bonds. The molecular formula is C9H14N4O2. The predicted molar refractivity (Wildman–Crippen MR) is 52.7 cm³/mol. The van der Waals surface area contributed by atoms with E-state index in [0.717, 1.165) is 13.1 Å². The second kappa shape index (κ2) is 5.98. The minimum Gasteiger partial charge on any atom is -0.343 e. The highest BCUT2D eigenvalue weighted by molar-refractivity contribution is 5.96. The molecule has 1 heterocycles. The van der Waals surface area contributed by atoms with Crippen molar-refractivity contribution >= 4 is 11.8 Å². The summed E-state index contributed by atoms with van der Waals surface area (Å²) in [5.41, 5.74) is 0. The molecule has 0 bridgehead atoms. The Labute approximate surface area is 88.2 Å². The van der Waals surface area contributed by atoms with Crippen LogP contribution < -0.4 is 10.6 Å². The van der Waals surface area contributed by atoms with Crippen molar-refractivity contribution in [2.75, 3.05) is 32.7 Å². The van der Waals surface area contributed by atoms with Gasteiger partial charge in [-0.2, -0.15) is 5.26 Å². The summed E-state index contributed by atoms with van der Waals surface area (Å²) in [5.74, 6) is -0.563. The van der Waals surface area contributed by atoms with Crippen molar-refractivity contribution in [3.63, 3.8) is 0 Å². The average molecular weight is 210 g/mol. The first-order valence-electron chi connectivity index (χ1n) is 4.86. The van der Waals surface area contributed by atoms with E-state index in [1.807, 2.05) is 0 Å². The van der Waals surface area contributed by atoms with Gasteiger partial charge in [0, 0.05) is 26.2 Å². The summed E-state index contributed by atoms with van der Waals surface area (Å²) in [4.78, 5) is 24.3. The maximum Gasteiger partial charge on any atom is 0.232 e. The number of hydrogen-bond donors (Lipinski definition) is 2.